The van der Waals surface area contributed by atoms with Crippen LogP contribution in [0.25, 0.3) is 0 Å². The van der Waals surface area contributed by atoms with Gasteiger partial charge in [-0.25, -0.2) is 0 Å². The summed E-state index contributed by atoms with van der Waals surface area (Å²) in [6.45, 7) is 6.16. The Morgan fingerprint density at radius 1 is 1.04 bits per heavy atom. The summed E-state index contributed by atoms with van der Waals surface area (Å²) in [5.41, 5.74) is 2.63. The highest BCUT2D eigenvalue weighted by Gasteiger charge is 2.40. The number of hydrogen-bond donors (Lipinski definition) is 0. The highest BCUT2D eigenvalue weighted by molar-refractivity contribution is 7.89. The summed E-state index contributed by atoms with van der Waals surface area (Å²) in [5, 5.41) is 5.06. The standard InChI is InChI=1S/C21H26ClN3O2S/c1-21(2,3)20-14-19(15-6-10-17(11-7-15)24(4)5)25(23-20)28(26,27)18-12-8-16(22)9-13-18/h6-13,19H,14H2,1-5H3/t19-/m0/s1. The normalized spacial score (nSPS) is 17.6. The Hall–Kier alpha value is -2.05. The van der Waals surface area contributed by atoms with E-state index in [9.17, 15) is 8.42 Å². The minimum absolute atomic E-state index is 0.186. The summed E-state index contributed by atoms with van der Waals surface area (Å²) >= 11 is 5.93. The zero-order chi connectivity index (χ0) is 20.7. The van der Waals surface area contributed by atoms with Crippen LogP contribution in [0.15, 0.2) is 58.5 Å². The van der Waals surface area contributed by atoms with E-state index in [1.165, 1.54) is 16.5 Å². The maximum Gasteiger partial charge on any atom is 0.279 e. The third-order valence-corrected chi connectivity index (χ3v) is 6.84. The molecular weight excluding hydrogens is 394 g/mol. The minimum Gasteiger partial charge on any atom is -0.378 e. The lowest BCUT2D eigenvalue weighted by molar-refractivity contribution is 0.371. The van der Waals surface area contributed by atoms with Crippen molar-refractivity contribution < 1.29 is 8.42 Å². The molecule has 7 heteroatoms. The van der Waals surface area contributed by atoms with Crippen LogP contribution in [0.5, 0.6) is 0 Å². The molecule has 0 saturated heterocycles. The Morgan fingerprint density at radius 2 is 1.61 bits per heavy atom. The van der Waals surface area contributed by atoms with Crippen molar-refractivity contribution >= 4 is 33.0 Å². The highest BCUT2D eigenvalue weighted by Crippen LogP contribution is 2.40. The molecule has 0 spiro atoms. The van der Waals surface area contributed by atoms with Crippen LogP contribution in [-0.2, 0) is 10.0 Å². The van der Waals surface area contributed by atoms with Gasteiger partial charge in [-0.05, 0) is 42.0 Å². The summed E-state index contributed by atoms with van der Waals surface area (Å²) in [4.78, 5) is 2.20. The van der Waals surface area contributed by atoms with E-state index in [1.54, 1.807) is 12.1 Å². The van der Waals surface area contributed by atoms with E-state index >= 15 is 0 Å². The Morgan fingerprint density at radius 3 is 2.11 bits per heavy atom. The van der Waals surface area contributed by atoms with E-state index in [-0.39, 0.29) is 16.4 Å². The smallest absolute Gasteiger partial charge is 0.279 e. The van der Waals surface area contributed by atoms with Crippen LogP contribution in [0.2, 0.25) is 5.02 Å². The molecule has 1 heterocycles. The van der Waals surface area contributed by atoms with Crippen LogP contribution in [0.3, 0.4) is 0 Å². The molecule has 2 aromatic rings. The lowest BCUT2D eigenvalue weighted by atomic mass is 9.86. The summed E-state index contributed by atoms with van der Waals surface area (Å²) in [7, 11) is 0.154. The van der Waals surface area contributed by atoms with Crippen molar-refractivity contribution in [2.45, 2.75) is 38.1 Å². The van der Waals surface area contributed by atoms with Crippen molar-refractivity contribution in [3.8, 4) is 0 Å². The van der Waals surface area contributed by atoms with Gasteiger partial charge in [0.1, 0.15) is 0 Å². The topological polar surface area (TPSA) is 53.0 Å². The first-order valence-corrected chi connectivity index (χ1v) is 11.0. The van der Waals surface area contributed by atoms with Crippen LogP contribution < -0.4 is 4.90 Å². The van der Waals surface area contributed by atoms with Crippen LogP contribution in [0, 0.1) is 5.41 Å². The number of nitrogens with zero attached hydrogens (tertiary/aromatic N) is 3. The molecule has 150 valence electrons. The maximum absolute atomic E-state index is 13.3. The van der Waals surface area contributed by atoms with Gasteiger partial charge < -0.3 is 4.90 Å². The molecule has 0 amide bonds. The first kappa shape index (κ1) is 20.7. The number of anilines is 1. The molecule has 0 fully saturated rings. The van der Waals surface area contributed by atoms with E-state index in [1.807, 2.05) is 43.3 Å². The number of rotatable bonds is 4. The quantitative estimate of drug-likeness (QED) is 0.704. The molecule has 1 atom stereocenters. The van der Waals surface area contributed by atoms with Crippen LogP contribution in [-0.4, -0.2) is 32.6 Å². The number of sulfonamides is 1. The molecule has 0 saturated carbocycles. The maximum atomic E-state index is 13.3. The lowest BCUT2D eigenvalue weighted by Gasteiger charge is -2.24. The summed E-state index contributed by atoms with van der Waals surface area (Å²) < 4.78 is 28.0. The highest BCUT2D eigenvalue weighted by atomic mass is 35.5. The van der Waals surface area contributed by atoms with Crippen molar-refractivity contribution in [3.05, 3.63) is 59.1 Å². The SMILES string of the molecule is CN(C)c1ccc([C@@H]2CC(C(C)(C)C)=NN2S(=O)(=O)c2ccc(Cl)cc2)cc1. The average Bonchev–Trinajstić information content (AvgIpc) is 3.09. The first-order chi connectivity index (χ1) is 13.0. The predicted molar refractivity (Wildman–Crippen MR) is 115 cm³/mol. The van der Waals surface area contributed by atoms with E-state index in [4.69, 9.17) is 11.6 Å². The number of halogens is 1. The Kier molecular flexibility index (Phi) is 5.47. The zero-order valence-electron chi connectivity index (χ0n) is 16.8. The molecule has 0 bridgehead atoms. The van der Waals surface area contributed by atoms with Gasteiger partial charge in [0, 0.05) is 42.4 Å². The Balaban J connectivity index is 2.05. The van der Waals surface area contributed by atoms with Crippen molar-refractivity contribution in [1.82, 2.24) is 4.41 Å². The number of hydrazone groups is 1. The summed E-state index contributed by atoms with van der Waals surface area (Å²) in [6, 6.07) is 13.8. The van der Waals surface area contributed by atoms with Crippen LogP contribution in [0.1, 0.15) is 38.8 Å². The van der Waals surface area contributed by atoms with Gasteiger partial charge in [0.05, 0.1) is 10.9 Å². The predicted octanol–water partition coefficient (Wildman–Crippen LogP) is 4.94. The van der Waals surface area contributed by atoms with Gasteiger partial charge in [0.15, 0.2) is 0 Å². The average molecular weight is 420 g/mol. The fourth-order valence-corrected chi connectivity index (χ4v) is 4.68. The molecule has 0 N–H and O–H groups in total. The molecule has 0 unspecified atom stereocenters. The minimum atomic E-state index is -3.80. The van der Waals surface area contributed by atoms with E-state index in [2.05, 4.69) is 25.9 Å². The zero-order valence-corrected chi connectivity index (χ0v) is 18.4. The second kappa shape index (κ2) is 7.41. The number of hydrogen-bond acceptors (Lipinski definition) is 4. The number of benzene rings is 2. The molecule has 0 aromatic heterocycles. The van der Waals surface area contributed by atoms with Gasteiger partial charge in [-0.1, -0.05) is 44.5 Å². The molecule has 1 aliphatic heterocycles. The van der Waals surface area contributed by atoms with Crippen LogP contribution >= 0.6 is 11.6 Å². The Bertz CT molecular complexity index is 976. The van der Waals surface area contributed by atoms with Crippen molar-refractivity contribution in [2.75, 3.05) is 19.0 Å². The summed E-state index contributed by atoms with van der Waals surface area (Å²) in [6.07, 6.45) is 0.567. The van der Waals surface area contributed by atoms with Crippen molar-refractivity contribution in [1.29, 1.82) is 0 Å². The van der Waals surface area contributed by atoms with E-state index in [0.29, 0.717) is 11.4 Å². The molecule has 0 radical (unpaired) electrons. The summed E-state index contributed by atoms with van der Waals surface area (Å²) in [5.74, 6) is 0. The molecular formula is C21H26ClN3O2S. The van der Waals surface area contributed by atoms with Crippen molar-refractivity contribution in [3.63, 3.8) is 0 Å². The van der Waals surface area contributed by atoms with Gasteiger partial charge in [-0.3, -0.25) is 0 Å². The van der Waals surface area contributed by atoms with E-state index < -0.39 is 10.0 Å². The first-order valence-electron chi connectivity index (χ1n) is 9.15. The Labute approximate surface area is 172 Å². The second-order valence-corrected chi connectivity index (χ2v) is 10.5. The van der Waals surface area contributed by atoms with Crippen molar-refractivity contribution in [2.24, 2.45) is 10.5 Å². The van der Waals surface area contributed by atoms with Gasteiger partial charge in [0.25, 0.3) is 10.0 Å². The molecule has 2 aromatic carbocycles. The van der Waals surface area contributed by atoms with Gasteiger partial charge in [-0.2, -0.15) is 17.9 Å². The third-order valence-electron chi connectivity index (χ3n) is 4.89. The van der Waals surface area contributed by atoms with Gasteiger partial charge >= 0.3 is 0 Å². The fraction of sp³-hybridized carbons (Fsp3) is 0.381. The van der Waals surface area contributed by atoms with E-state index in [0.717, 1.165) is 17.0 Å². The molecule has 5 nitrogen and oxygen atoms in total. The monoisotopic (exact) mass is 419 g/mol. The third kappa shape index (κ3) is 4.03. The lowest BCUT2D eigenvalue weighted by Crippen LogP contribution is -2.27. The molecule has 0 aliphatic carbocycles. The second-order valence-electron chi connectivity index (χ2n) is 8.23. The molecule has 28 heavy (non-hydrogen) atoms. The molecule has 3 rings (SSSR count). The van der Waals surface area contributed by atoms with Gasteiger partial charge in [0.2, 0.25) is 0 Å². The fourth-order valence-electron chi connectivity index (χ4n) is 3.12. The molecule has 1 aliphatic rings. The van der Waals surface area contributed by atoms with Gasteiger partial charge in [-0.15, -0.1) is 0 Å². The van der Waals surface area contributed by atoms with Crippen LogP contribution in [0.4, 0.5) is 5.69 Å². The largest absolute Gasteiger partial charge is 0.378 e.